The van der Waals surface area contributed by atoms with Crippen LogP contribution in [0.3, 0.4) is 0 Å². The van der Waals surface area contributed by atoms with Gasteiger partial charge < -0.3 is 15.2 Å². The molecule has 1 fully saturated rings. The standard InChI is InChI=1S/C6H13NO2/c1-5(7)6-8-3-2-4-9-6/h5-6H,2-4,7H2,1H3/t5-/m1/s1. The first-order valence-corrected chi connectivity index (χ1v) is 3.29. The van der Waals surface area contributed by atoms with E-state index in [1.54, 1.807) is 0 Å². The van der Waals surface area contributed by atoms with E-state index < -0.39 is 0 Å². The monoisotopic (exact) mass is 131 g/mol. The predicted molar refractivity (Wildman–Crippen MR) is 34.0 cm³/mol. The Morgan fingerprint density at radius 2 is 2.00 bits per heavy atom. The normalized spacial score (nSPS) is 26.0. The van der Waals surface area contributed by atoms with Crippen LogP contribution in [-0.2, 0) is 9.47 Å². The van der Waals surface area contributed by atoms with Crippen LogP contribution < -0.4 is 5.73 Å². The number of nitrogens with two attached hydrogens (primary N) is 1. The third kappa shape index (κ3) is 1.93. The maximum absolute atomic E-state index is 5.52. The molecule has 1 atom stereocenters. The van der Waals surface area contributed by atoms with E-state index in [2.05, 4.69) is 0 Å². The highest BCUT2D eigenvalue weighted by Gasteiger charge is 2.17. The molecule has 0 aromatic carbocycles. The maximum Gasteiger partial charge on any atom is 0.172 e. The van der Waals surface area contributed by atoms with Gasteiger partial charge in [-0.25, -0.2) is 0 Å². The summed E-state index contributed by atoms with van der Waals surface area (Å²) in [4.78, 5) is 0. The zero-order chi connectivity index (χ0) is 6.69. The van der Waals surface area contributed by atoms with Gasteiger partial charge in [0.25, 0.3) is 0 Å². The second-order valence-corrected chi connectivity index (χ2v) is 2.32. The second kappa shape index (κ2) is 3.15. The van der Waals surface area contributed by atoms with Crippen molar-refractivity contribution in [2.45, 2.75) is 25.7 Å². The molecule has 3 nitrogen and oxygen atoms in total. The molecular weight excluding hydrogens is 118 g/mol. The van der Waals surface area contributed by atoms with Gasteiger partial charge >= 0.3 is 0 Å². The molecule has 0 saturated carbocycles. The summed E-state index contributed by atoms with van der Waals surface area (Å²) in [7, 11) is 0. The van der Waals surface area contributed by atoms with E-state index >= 15 is 0 Å². The Kier molecular flexibility index (Phi) is 2.45. The molecule has 0 unspecified atom stereocenters. The molecule has 0 aromatic heterocycles. The SMILES string of the molecule is C[C@@H](N)C1OCCCO1. The average Bonchev–Trinajstić information content (AvgIpc) is 1.90. The van der Waals surface area contributed by atoms with Crippen molar-refractivity contribution in [2.75, 3.05) is 13.2 Å². The number of ether oxygens (including phenoxy) is 2. The van der Waals surface area contributed by atoms with Crippen LogP contribution in [0.5, 0.6) is 0 Å². The van der Waals surface area contributed by atoms with E-state index in [1.165, 1.54) is 0 Å². The summed E-state index contributed by atoms with van der Waals surface area (Å²) >= 11 is 0. The largest absolute Gasteiger partial charge is 0.351 e. The third-order valence-corrected chi connectivity index (χ3v) is 1.28. The van der Waals surface area contributed by atoms with Crippen molar-refractivity contribution < 1.29 is 9.47 Å². The fraction of sp³-hybridized carbons (Fsp3) is 1.00. The lowest BCUT2D eigenvalue weighted by atomic mass is 10.3. The first-order chi connectivity index (χ1) is 4.30. The summed E-state index contributed by atoms with van der Waals surface area (Å²) < 4.78 is 10.4. The lowest BCUT2D eigenvalue weighted by Gasteiger charge is -2.25. The van der Waals surface area contributed by atoms with Crippen molar-refractivity contribution in [3.8, 4) is 0 Å². The lowest BCUT2D eigenvalue weighted by Crippen LogP contribution is -2.39. The molecule has 0 spiro atoms. The average molecular weight is 131 g/mol. The summed E-state index contributed by atoms with van der Waals surface area (Å²) in [5.74, 6) is 0. The zero-order valence-corrected chi connectivity index (χ0v) is 5.67. The molecule has 1 heterocycles. The van der Waals surface area contributed by atoms with Crippen LogP contribution >= 0.6 is 0 Å². The lowest BCUT2D eigenvalue weighted by molar-refractivity contribution is -0.186. The van der Waals surface area contributed by atoms with Gasteiger partial charge in [0, 0.05) is 0 Å². The first-order valence-electron chi connectivity index (χ1n) is 3.29. The van der Waals surface area contributed by atoms with Gasteiger partial charge in [-0.05, 0) is 13.3 Å². The molecule has 0 aromatic rings. The second-order valence-electron chi connectivity index (χ2n) is 2.32. The van der Waals surface area contributed by atoms with E-state index in [0.29, 0.717) is 0 Å². The molecule has 3 heteroatoms. The number of hydrogen-bond acceptors (Lipinski definition) is 3. The molecule has 1 rings (SSSR count). The Balaban J connectivity index is 2.23. The van der Waals surface area contributed by atoms with Crippen LogP contribution in [-0.4, -0.2) is 25.5 Å². The summed E-state index contributed by atoms with van der Waals surface area (Å²) in [6, 6.07) is -0.00898. The maximum atomic E-state index is 5.52. The molecule has 54 valence electrons. The van der Waals surface area contributed by atoms with E-state index in [0.717, 1.165) is 19.6 Å². The quantitative estimate of drug-likeness (QED) is 0.548. The zero-order valence-electron chi connectivity index (χ0n) is 5.67. The van der Waals surface area contributed by atoms with Gasteiger partial charge in [-0.1, -0.05) is 0 Å². The highest BCUT2D eigenvalue weighted by atomic mass is 16.7. The van der Waals surface area contributed by atoms with Gasteiger partial charge in [0.1, 0.15) is 0 Å². The molecule has 0 radical (unpaired) electrons. The van der Waals surface area contributed by atoms with Crippen LogP contribution in [0.15, 0.2) is 0 Å². The van der Waals surface area contributed by atoms with E-state index in [1.807, 2.05) is 6.92 Å². The van der Waals surface area contributed by atoms with Crippen molar-refractivity contribution >= 4 is 0 Å². The van der Waals surface area contributed by atoms with Crippen molar-refractivity contribution in [3.63, 3.8) is 0 Å². The van der Waals surface area contributed by atoms with Crippen LogP contribution in [0.1, 0.15) is 13.3 Å². The molecule has 0 aliphatic carbocycles. The molecule has 1 saturated heterocycles. The molecule has 9 heavy (non-hydrogen) atoms. The van der Waals surface area contributed by atoms with Crippen LogP contribution in [0.25, 0.3) is 0 Å². The Bertz CT molecular complexity index is 79.1. The smallest absolute Gasteiger partial charge is 0.172 e. The number of rotatable bonds is 1. The van der Waals surface area contributed by atoms with Gasteiger partial charge in [-0.2, -0.15) is 0 Å². The summed E-state index contributed by atoms with van der Waals surface area (Å²) in [5, 5.41) is 0. The summed E-state index contributed by atoms with van der Waals surface area (Å²) in [6.45, 7) is 3.45. The van der Waals surface area contributed by atoms with E-state index in [-0.39, 0.29) is 12.3 Å². The Morgan fingerprint density at radius 3 is 2.33 bits per heavy atom. The molecule has 1 aliphatic heterocycles. The molecule has 0 amide bonds. The van der Waals surface area contributed by atoms with Gasteiger partial charge in [0.15, 0.2) is 6.29 Å². The molecule has 1 aliphatic rings. The van der Waals surface area contributed by atoms with Crippen molar-refractivity contribution in [1.82, 2.24) is 0 Å². The van der Waals surface area contributed by atoms with Crippen molar-refractivity contribution in [1.29, 1.82) is 0 Å². The Morgan fingerprint density at radius 1 is 1.44 bits per heavy atom. The minimum atomic E-state index is -0.168. The molecule has 2 N–H and O–H groups in total. The Labute approximate surface area is 55.1 Å². The third-order valence-electron chi connectivity index (χ3n) is 1.28. The van der Waals surface area contributed by atoms with Crippen LogP contribution in [0, 0.1) is 0 Å². The van der Waals surface area contributed by atoms with E-state index in [4.69, 9.17) is 15.2 Å². The predicted octanol–water partition coefficient (Wildman–Crippen LogP) is 0.0966. The van der Waals surface area contributed by atoms with Crippen molar-refractivity contribution in [2.24, 2.45) is 5.73 Å². The van der Waals surface area contributed by atoms with Gasteiger partial charge in [-0.3, -0.25) is 0 Å². The van der Waals surface area contributed by atoms with Crippen molar-refractivity contribution in [3.05, 3.63) is 0 Å². The highest BCUT2D eigenvalue weighted by Crippen LogP contribution is 2.06. The summed E-state index contributed by atoms with van der Waals surface area (Å²) in [5.41, 5.74) is 5.52. The topological polar surface area (TPSA) is 44.5 Å². The summed E-state index contributed by atoms with van der Waals surface area (Å²) in [6.07, 6.45) is 0.821. The van der Waals surface area contributed by atoms with Gasteiger partial charge in [0.05, 0.1) is 19.3 Å². The molecular formula is C6H13NO2. The highest BCUT2D eigenvalue weighted by molar-refractivity contribution is 4.61. The van der Waals surface area contributed by atoms with Gasteiger partial charge in [-0.15, -0.1) is 0 Å². The van der Waals surface area contributed by atoms with E-state index in [9.17, 15) is 0 Å². The first kappa shape index (κ1) is 6.99. The fourth-order valence-corrected chi connectivity index (χ4v) is 0.810. The van der Waals surface area contributed by atoms with Gasteiger partial charge in [0.2, 0.25) is 0 Å². The fourth-order valence-electron chi connectivity index (χ4n) is 0.810. The van der Waals surface area contributed by atoms with Crippen LogP contribution in [0.4, 0.5) is 0 Å². The number of hydrogen-bond donors (Lipinski definition) is 1. The minimum Gasteiger partial charge on any atom is -0.351 e. The molecule has 0 bridgehead atoms. The Hall–Kier alpha value is -0.120. The van der Waals surface area contributed by atoms with Crippen LogP contribution in [0.2, 0.25) is 0 Å². The minimum absolute atomic E-state index is 0.00898.